The number of benzene rings is 3. The second-order valence-electron chi connectivity index (χ2n) is 9.93. The topological polar surface area (TPSA) is 96.0 Å². The third-order valence-electron chi connectivity index (χ3n) is 6.29. The molecule has 3 aromatic rings. The van der Waals surface area contributed by atoms with Crippen molar-refractivity contribution in [3.8, 4) is 5.75 Å². The van der Waals surface area contributed by atoms with Crippen molar-refractivity contribution < 1.29 is 27.1 Å². The SMILES string of the molecule is COc1ccc(N(CC(=O)N(Cc2ccccc2F)[C@H](Cc2ccccc2)C(=O)NCC(C)C)S(C)(=O)=O)cc1. The van der Waals surface area contributed by atoms with Gasteiger partial charge in [0.15, 0.2) is 0 Å². The van der Waals surface area contributed by atoms with Crippen molar-refractivity contribution in [2.75, 3.05) is 30.8 Å². The zero-order valence-corrected chi connectivity index (χ0v) is 24.0. The minimum absolute atomic E-state index is 0.159. The van der Waals surface area contributed by atoms with E-state index < -0.39 is 40.2 Å². The number of hydrogen-bond acceptors (Lipinski definition) is 5. The van der Waals surface area contributed by atoms with E-state index in [0.717, 1.165) is 16.1 Å². The number of methoxy groups -OCH3 is 1. The first-order valence-electron chi connectivity index (χ1n) is 13.0. The molecule has 2 amide bonds. The molecular weight excluding hydrogens is 533 g/mol. The fourth-order valence-corrected chi connectivity index (χ4v) is 5.00. The molecule has 0 unspecified atom stereocenters. The Kier molecular flexibility index (Phi) is 10.7. The Morgan fingerprint density at radius 1 is 0.950 bits per heavy atom. The molecule has 3 aromatic carbocycles. The molecule has 0 radical (unpaired) electrons. The number of carbonyl (C=O) groups is 2. The van der Waals surface area contributed by atoms with Crippen molar-refractivity contribution in [2.24, 2.45) is 5.92 Å². The summed E-state index contributed by atoms with van der Waals surface area (Å²) in [6.07, 6.45) is 1.16. The summed E-state index contributed by atoms with van der Waals surface area (Å²) in [5.41, 5.74) is 1.26. The summed E-state index contributed by atoms with van der Waals surface area (Å²) in [6, 6.07) is 20.4. The van der Waals surface area contributed by atoms with Crippen LogP contribution in [-0.2, 0) is 32.6 Å². The summed E-state index contributed by atoms with van der Waals surface area (Å²) >= 11 is 0. The molecule has 0 aromatic heterocycles. The molecule has 0 aliphatic carbocycles. The van der Waals surface area contributed by atoms with Crippen LogP contribution in [0.5, 0.6) is 5.75 Å². The molecule has 0 heterocycles. The highest BCUT2D eigenvalue weighted by Gasteiger charge is 2.33. The average Bonchev–Trinajstić information content (AvgIpc) is 2.93. The molecule has 0 fully saturated rings. The summed E-state index contributed by atoms with van der Waals surface area (Å²) in [7, 11) is -2.41. The Labute approximate surface area is 235 Å². The highest BCUT2D eigenvalue weighted by atomic mass is 32.2. The van der Waals surface area contributed by atoms with Crippen molar-refractivity contribution in [3.05, 3.63) is 95.8 Å². The number of anilines is 1. The molecule has 3 rings (SSSR count). The fourth-order valence-electron chi connectivity index (χ4n) is 4.15. The van der Waals surface area contributed by atoms with Crippen LogP contribution in [0.15, 0.2) is 78.9 Å². The van der Waals surface area contributed by atoms with Crippen LogP contribution in [0.1, 0.15) is 25.0 Å². The van der Waals surface area contributed by atoms with Gasteiger partial charge in [-0.2, -0.15) is 0 Å². The number of hydrogen-bond donors (Lipinski definition) is 1. The summed E-state index contributed by atoms with van der Waals surface area (Å²) in [5, 5.41) is 2.89. The van der Waals surface area contributed by atoms with Crippen molar-refractivity contribution in [1.29, 1.82) is 0 Å². The van der Waals surface area contributed by atoms with Gasteiger partial charge in [-0.25, -0.2) is 12.8 Å². The molecule has 8 nitrogen and oxygen atoms in total. The van der Waals surface area contributed by atoms with E-state index in [-0.39, 0.29) is 30.1 Å². The Morgan fingerprint density at radius 3 is 2.15 bits per heavy atom. The second kappa shape index (κ2) is 13.9. The third kappa shape index (κ3) is 8.54. The van der Waals surface area contributed by atoms with Gasteiger partial charge in [0.1, 0.15) is 24.2 Å². The van der Waals surface area contributed by atoms with E-state index >= 15 is 0 Å². The number of halogens is 1. The van der Waals surface area contributed by atoms with E-state index in [2.05, 4.69) is 5.32 Å². The van der Waals surface area contributed by atoms with Crippen molar-refractivity contribution in [2.45, 2.75) is 32.9 Å². The van der Waals surface area contributed by atoms with Gasteiger partial charge in [0, 0.05) is 25.1 Å². The van der Waals surface area contributed by atoms with Crippen LogP contribution in [0.4, 0.5) is 10.1 Å². The molecule has 1 atom stereocenters. The van der Waals surface area contributed by atoms with Crippen molar-refractivity contribution >= 4 is 27.5 Å². The van der Waals surface area contributed by atoms with Gasteiger partial charge in [-0.3, -0.25) is 13.9 Å². The largest absolute Gasteiger partial charge is 0.497 e. The van der Waals surface area contributed by atoms with Crippen molar-refractivity contribution in [3.63, 3.8) is 0 Å². The van der Waals surface area contributed by atoms with Gasteiger partial charge in [-0.15, -0.1) is 0 Å². The lowest BCUT2D eigenvalue weighted by Gasteiger charge is -2.33. The lowest BCUT2D eigenvalue weighted by molar-refractivity contribution is -0.140. The zero-order chi connectivity index (χ0) is 29.3. The monoisotopic (exact) mass is 569 g/mol. The minimum Gasteiger partial charge on any atom is -0.497 e. The molecular formula is C30H36FN3O5S. The van der Waals surface area contributed by atoms with E-state index in [4.69, 9.17) is 4.74 Å². The maximum absolute atomic E-state index is 14.8. The Bertz CT molecular complexity index is 1380. The van der Waals surface area contributed by atoms with E-state index in [0.29, 0.717) is 12.3 Å². The van der Waals surface area contributed by atoms with Gasteiger partial charge in [0.05, 0.1) is 19.1 Å². The summed E-state index contributed by atoms with van der Waals surface area (Å²) in [4.78, 5) is 28.8. The number of carbonyl (C=O) groups excluding carboxylic acids is 2. The van der Waals surface area contributed by atoms with Gasteiger partial charge in [-0.1, -0.05) is 62.4 Å². The third-order valence-corrected chi connectivity index (χ3v) is 7.43. The van der Waals surface area contributed by atoms with Crippen LogP contribution >= 0.6 is 0 Å². The van der Waals surface area contributed by atoms with Crippen LogP contribution in [0.2, 0.25) is 0 Å². The molecule has 0 spiro atoms. The molecule has 40 heavy (non-hydrogen) atoms. The zero-order valence-electron chi connectivity index (χ0n) is 23.2. The minimum atomic E-state index is -3.90. The molecule has 0 saturated heterocycles. The van der Waals surface area contributed by atoms with E-state index in [1.165, 1.54) is 36.3 Å². The van der Waals surface area contributed by atoms with Gasteiger partial charge in [0.2, 0.25) is 21.8 Å². The molecule has 0 aliphatic rings. The highest BCUT2D eigenvalue weighted by Crippen LogP contribution is 2.23. The summed E-state index contributed by atoms with van der Waals surface area (Å²) in [5.74, 6) is -0.901. The quantitative estimate of drug-likeness (QED) is 0.336. The smallest absolute Gasteiger partial charge is 0.244 e. The van der Waals surface area contributed by atoms with Gasteiger partial charge in [0.25, 0.3) is 0 Å². The van der Waals surface area contributed by atoms with E-state index in [1.807, 2.05) is 44.2 Å². The second-order valence-corrected chi connectivity index (χ2v) is 11.8. The summed E-state index contributed by atoms with van der Waals surface area (Å²) in [6.45, 7) is 3.48. The predicted molar refractivity (Wildman–Crippen MR) is 154 cm³/mol. The van der Waals surface area contributed by atoms with E-state index in [1.54, 1.807) is 24.3 Å². The lowest BCUT2D eigenvalue weighted by Crippen LogP contribution is -2.53. The van der Waals surface area contributed by atoms with Crippen molar-refractivity contribution in [1.82, 2.24) is 10.2 Å². The first-order chi connectivity index (χ1) is 19.0. The Hall–Kier alpha value is -3.92. The summed E-state index contributed by atoms with van der Waals surface area (Å²) < 4.78 is 46.5. The molecule has 0 saturated carbocycles. The predicted octanol–water partition coefficient (Wildman–Crippen LogP) is 4.01. The fraction of sp³-hybridized carbons (Fsp3) is 0.333. The number of ether oxygens (including phenoxy) is 1. The van der Waals surface area contributed by atoms with Crippen LogP contribution < -0.4 is 14.4 Å². The molecule has 0 aliphatic heterocycles. The first-order valence-corrected chi connectivity index (χ1v) is 14.8. The molecule has 214 valence electrons. The number of nitrogens with one attached hydrogen (secondary N) is 1. The molecule has 10 heteroatoms. The van der Waals surface area contributed by atoms with Crippen LogP contribution in [0.3, 0.4) is 0 Å². The number of nitrogens with zero attached hydrogens (tertiary/aromatic N) is 2. The number of sulfonamides is 1. The molecule has 1 N–H and O–H groups in total. The highest BCUT2D eigenvalue weighted by molar-refractivity contribution is 7.92. The van der Waals surface area contributed by atoms with Gasteiger partial charge >= 0.3 is 0 Å². The normalized spacial score (nSPS) is 12.1. The number of amides is 2. The standard InChI is InChI=1S/C30H36FN3O5S/c1-22(2)19-32-30(36)28(18-23-10-6-5-7-11-23)33(20-24-12-8-9-13-27(24)31)29(35)21-34(40(4,37)38)25-14-16-26(39-3)17-15-25/h5-17,22,28H,18-21H2,1-4H3,(H,32,36)/t28-/m1/s1. The van der Waals surface area contributed by atoms with E-state index in [9.17, 15) is 22.4 Å². The van der Waals surface area contributed by atoms with Crippen LogP contribution in [0.25, 0.3) is 0 Å². The first kappa shape index (κ1) is 30.6. The number of rotatable bonds is 13. The van der Waals surface area contributed by atoms with Crippen LogP contribution in [0, 0.1) is 11.7 Å². The van der Waals surface area contributed by atoms with Gasteiger partial charge in [-0.05, 0) is 41.8 Å². The Balaban J connectivity index is 2.04. The maximum atomic E-state index is 14.8. The average molecular weight is 570 g/mol. The van der Waals surface area contributed by atoms with Gasteiger partial charge < -0.3 is 15.0 Å². The molecule has 0 bridgehead atoms. The van der Waals surface area contributed by atoms with Crippen LogP contribution in [-0.4, -0.2) is 57.6 Å². The maximum Gasteiger partial charge on any atom is 0.244 e. The Morgan fingerprint density at radius 2 is 1.57 bits per heavy atom. The lowest BCUT2D eigenvalue weighted by atomic mass is 10.0.